The van der Waals surface area contributed by atoms with Crippen molar-refractivity contribution < 1.29 is 15.0 Å². The van der Waals surface area contributed by atoms with Crippen LogP contribution in [0.25, 0.3) is 0 Å². The summed E-state index contributed by atoms with van der Waals surface area (Å²) in [5, 5.41) is 20.7. The third-order valence-corrected chi connectivity index (χ3v) is 3.63. The molecule has 1 aliphatic rings. The maximum absolute atomic E-state index is 12.2. The highest BCUT2D eigenvalue weighted by Crippen LogP contribution is 2.21. The zero-order chi connectivity index (χ0) is 13.1. The van der Waals surface area contributed by atoms with E-state index in [4.69, 9.17) is 5.73 Å². The fraction of sp³-hybridized carbons (Fsp3) is 0.417. The third kappa shape index (κ3) is 2.54. The minimum Gasteiger partial charge on any atom is -0.388 e. The SMILES string of the molecule is NCC#Cc1ccsc1C(=O)N1CC(O)C(O)C1. The van der Waals surface area contributed by atoms with Gasteiger partial charge in [-0.3, -0.25) is 4.79 Å². The van der Waals surface area contributed by atoms with Crippen molar-refractivity contribution in [3.8, 4) is 11.8 Å². The van der Waals surface area contributed by atoms with Crippen molar-refractivity contribution in [3.63, 3.8) is 0 Å². The van der Waals surface area contributed by atoms with Crippen LogP contribution in [0.15, 0.2) is 11.4 Å². The van der Waals surface area contributed by atoms with Crippen molar-refractivity contribution in [1.29, 1.82) is 0 Å². The minimum absolute atomic E-state index is 0.154. The molecule has 1 aliphatic heterocycles. The average Bonchev–Trinajstić information content (AvgIpc) is 2.94. The van der Waals surface area contributed by atoms with Gasteiger partial charge in [0.15, 0.2) is 0 Å². The molecule has 2 unspecified atom stereocenters. The van der Waals surface area contributed by atoms with Gasteiger partial charge in [-0.05, 0) is 11.4 Å². The number of aliphatic hydroxyl groups is 2. The molecule has 6 heteroatoms. The number of amides is 1. The molecular weight excluding hydrogens is 252 g/mol. The Kier molecular flexibility index (Phi) is 3.99. The van der Waals surface area contributed by atoms with Crippen LogP contribution in [0.5, 0.6) is 0 Å². The van der Waals surface area contributed by atoms with Crippen LogP contribution in [0.1, 0.15) is 15.2 Å². The first-order valence-corrected chi connectivity index (χ1v) is 6.43. The standard InChI is InChI=1S/C12H14N2O3S/c13-4-1-2-8-3-5-18-11(8)12(17)14-6-9(15)10(16)7-14/h3,5,9-10,15-16H,4,6-7,13H2. The lowest BCUT2D eigenvalue weighted by atomic mass is 10.2. The maximum atomic E-state index is 12.2. The van der Waals surface area contributed by atoms with E-state index in [0.717, 1.165) is 0 Å². The van der Waals surface area contributed by atoms with Gasteiger partial charge in [0.05, 0.1) is 18.8 Å². The molecule has 1 aromatic rings. The number of thiophene rings is 1. The van der Waals surface area contributed by atoms with Crippen molar-refractivity contribution in [2.75, 3.05) is 19.6 Å². The van der Waals surface area contributed by atoms with Crippen molar-refractivity contribution >= 4 is 17.2 Å². The second kappa shape index (κ2) is 5.50. The molecule has 2 atom stereocenters. The van der Waals surface area contributed by atoms with Gasteiger partial charge >= 0.3 is 0 Å². The molecule has 18 heavy (non-hydrogen) atoms. The molecule has 0 spiro atoms. The molecule has 1 saturated heterocycles. The first-order valence-electron chi connectivity index (χ1n) is 5.55. The fourth-order valence-corrected chi connectivity index (χ4v) is 2.61. The van der Waals surface area contributed by atoms with Gasteiger partial charge in [-0.1, -0.05) is 11.8 Å². The number of β-amino-alcohol motifs (C(OH)–C–C–N with tert-alkyl or cyclic N) is 2. The largest absolute Gasteiger partial charge is 0.388 e. The fourth-order valence-electron chi connectivity index (χ4n) is 1.80. The number of nitrogens with zero attached hydrogens (tertiary/aromatic N) is 1. The number of nitrogens with two attached hydrogens (primary N) is 1. The number of likely N-dealkylation sites (tertiary alicyclic amines) is 1. The van der Waals surface area contributed by atoms with Crippen LogP contribution in [0.2, 0.25) is 0 Å². The smallest absolute Gasteiger partial charge is 0.265 e. The summed E-state index contributed by atoms with van der Waals surface area (Å²) in [6, 6.07) is 1.77. The van der Waals surface area contributed by atoms with Crippen LogP contribution in [0, 0.1) is 11.8 Å². The summed E-state index contributed by atoms with van der Waals surface area (Å²) in [6.07, 6.45) is -1.74. The van der Waals surface area contributed by atoms with Gasteiger partial charge in [0.25, 0.3) is 5.91 Å². The zero-order valence-corrected chi connectivity index (χ0v) is 10.5. The number of hydrogen-bond acceptors (Lipinski definition) is 5. The maximum Gasteiger partial charge on any atom is 0.265 e. The van der Waals surface area contributed by atoms with E-state index in [0.29, 0.717) is 10.4 Å². The molecule has 0 bridgehead atoms. The van der Waals surface area contributed by atoms with Crippen molar-refractivity contribution in [1.82, 2.24) is 4.90 Å². The lowest BCUT2D eigenvalue weighted by Crippen LogP contribution is -2.29. The summed E-state index contributed by atoms with van der Waals surface area (Å²) in [6.45, 7) is 0.550. The van der Waals surface area contributed by atoms with Gasteiger partial charge in [0, 0.05) is 18.7 Å². The molecule has 0 saturated carbocycles. The zero-order valence-electron chi connectivity index (χ0n) is 9.67. The van der Waals surface area contributed by atoms with Crippen LogP contribution < -0.4 is 5.73 Å². The Morgan fingerprint density at radius 3 is 2.78 bits per heavy atom. The van der Waals surface area contributed by atoms with Gasteiger partial charge < -0.3 is 20.8 Å². The first kappa shape index (κ1) is 13.1. The molecule has 1 amide bonds. The summed E-state index contributed by atoms with van der Waals surface area (Å²) in [4.78, 5) is 14.2. The molecule has 2 rings (SSSR count). The molecule has 0 radical (unpaired) electrons. The van der Waals surface area contributed by atoms with E-state index in [9.17, 15) is 15.0 Å². The first-order chi connectivity index (χ1) is 8.63. The summed E-state index contributed by atoms with van der Waals surface area (Å²) in [7, 11) is 0. The number of carbonyl (C=O) groups excluding carboxylic acids is 1. The Bertz CT molecular complexity index is 493. The molecule has 5 nitrogen and oxygen atoms in total. The second-order valence-corrected chi connectivity index (χ2v) is 4.93. The quantitative estimate of drug-likeness (QED) is 0.583. The van der Waals surface area contributed by atoms with E-state index in [1.54, 1.807) is 11.4 Å². The van der Waals surface area contributed by atoms with E-state index in [-0.39, 0.29) is 25.5 Å². The number of aliphatic hydroxyl groups excluding tert-OH is 2. The van der Waals surface area contributed by atoms with Crippen LogP contribution in [0.4, 0.5) is 0 Å². The second-order valence-electron chi connectivity index (χ2n) is 4.01. The highest BCUT2D eigenvalue weighted by Gasteiger charge is 2.33. The predicted molar refractivity (Wildman–Crippen MR) is 68.2 cm³/mol. The van der Waals surface area contributed by atoms with Crippen molar-refractivity contribution in [2.45, 2.75) is 12.2 Å². The van der Waals surface area contributed by atoms with Gasteiger partial charge in [-0.2, -0.15) is 0 Å². The van der Waals surface area contributed by atoms with E-state index in [1.807, 2.05) is 0 Å². The van der Waals surface area contributed by atoms with Gasteiger partial charge in [-0.25, -0.2) is 0 Å². The summed E-state index contributed by atoms with van der Waals surface area (Å²) >= 11 is 1.30. The van der Waals surface area contributed by atoms with Crippen LogP contribution in [-0.4, -0.2) is 52.9 Å². The Hall–Kier alpha value is -1.39. The van der Waals surface area contributed by atoms with Gasteiger partial charge in [-0.15, -0.1) is 11.3 Å². The minimum atomic E-state index is -0.868. The molecular formula is C12H14N2O3S. The molecule has 4 N–H and O–H groups in total. The average molecular weight is 266 g/mol. The summed E-state index contributed by atoms with van der Waals surface area (Å²) < 4.78 is 0. The van der Waals surface area contributed by atoms with E-state index in [1.165, 1.54) is 16.2 Å². The van der Waals surface area contributed by atoms with Gasteiger partial charge in [0.2, 0.25) is 0 Å². The van der Waals surface area contributed by atoms with E-state index < -0.39 is 12.2 Å². The molecule has 1 aromatic heterocycles. The Morgan fingerprint density at radius 1 is 1.50 bits per heavy atom. The van der Waals surface area contributed by atoms with Crippen LogP contribution >= 0.6 is 11.3 Å². The molecule has 2 heterocycles. The molecule has 0 aromatic carbocycles. The molecule has 96 valence electrons. The molecule has 0 aliphatic carbocycles. The lowest BCUT2D eigenvalue weighted by molar-refractivity contribution is 0.0572. The summed E-state index contributed by atoms with van der Waals surface area (Å²) in [5.41, 5.74) is 5.94. The number of hydrogen-bond donors (Lipinski definition) is 3. The van der Waals surface area contributed by atoms with Gasteiger partial charge in [0.1, 0.15) is 4.88 Å². The van der Waals surface area contributed by atoms with Crippen LogP contribution in [0.3, 0.4) is 0 Å². The monoisotopic (exact) mass is 266 g/mol. The molecule has 1 fully saturated rings. The highest BCUT2D eigenvalue weighted by molar-refractivity contribution is 7.12. The number of carbonyl (C=O) groups is 1. The Labute approximate surface area is 109 Å². The topological polar surface area (TPSA) is 86.8 Å². The van der Waals surface area contributed by atoms with Crippen molar-refractivity contribution in [3.05, 3.63) is 21.9 Å². The Balaban J connectivity index is 2.17. The lowest BCUT2D eigenvalue weighted by Gasteiger charge is -2.14. The van der Waals surface area contributed by atoms with E-state index >= 15 is 0 Å². The summed E-state index contributed by atoms with van der Waals surface area (Å²) in [5.74, 6) is 5.35. The van der Waals surface area contributed by atoms with Crippen LogP contribution in [-0.2, 0) is 0 Å². The predicted octanol–water partition coefficient (Wildman–Crippen LogP) is -0.764. The third-order valence-electron chi connectivity index (χ3n) is 2.73. The van der Waals surface area contributed by atoms with E-state index in [2.05, 4.69) is 11.8 Å². The Morgan fingerprint density at radius 2 is 2.17 bits per heavy atom. The number of rotatable bonds is 1. The highest BCUT2D eigenvalue weighted by atomic mass is 32.1. The van der Waals surface area contributed by atoms with Crippen molar-refractivity contribution in [2.24, 2.45) is 5.73 Å². The normalized spacial score (nSPS) is 22.7.